The monoisotopic (exact) mass is 418 g/mol. The molecule has 1 unspecified atom stereocenters. The molecular weight excluding hydrogens is 388 g/mol. The molecule has 0 spiro atoms. The molecular formula is C25H30N4O2. The number of aromatic nitrogens is 3. The first-order valence-electron chi connectivity index (χ1n) is 11.4. The number of rotatable bonds is 5. The maximum atomic E-state index is 13.3. The maximum absolute atomic E-state index is 13.3. The van der Waals surface area contributed by atoms with Crippen LogP contribution in [0.25, 0.3) is 5.69 Å². The molecule has 1 aromatic carbocycles. The Balaban J connectivity index is 1.33. The Labute approximate surface area is 183 Å². The summed E-state index contributed by atoms with van der Waals surface area (Å²) in [6.45, 7) is 8.14. The number of carbonyl (C=O) groups is 1. The second kappa shape index (κ2) is 8.08. The summed E-state index contributed by atoms with van der Waals surface area (Å²) in [5.41, 5.74) is 7.05. The van der Waals surface area contributed by atoms with E-state index in [-0.39, 0.29) is 11.7 Å². The minimum atomic E-state index is 0.183. The van der Waals surface area contributed by atoms with Gasteiger partial charge in [0.15, 0.2) is 11.6 Å². The third-order valence-corrected chi connectivity index (χ3v) is 6.84. The predicted octanol–water partition coefficient (Wildman–Crippen LogP) is 4.34. The summed E-state index contributed by atoms with van der Waals surface area (Å²) in [5.74, 6) is 1.76. The quantitative estimate of drug-likeness (QED) is 0.577. The molecule has 1 fully saturated rings. The molecule has 0 saturated carbocycles. The first-order valence-corrected chi connectivity index (χ1v) is 11.4. The molecule has 6 heteroatoms. The van der Waals surface area contributed by atoms with Crippen LogP contribution in [0.15, 0.2) is 28.8 Å². The lowest BCUT2D eigenvalue weighted by Gasteiger charge is -2.30. The molecule has 1 aliphatic heterocycles. The average molecular weight is 419 g/mol. The van der Waals surface area contributed by atoms with Gasteiger partial charge >= 0.3 is 0 Å². The van der Waals surface area contributed by atoms with Crippen molar-refractivity contribution in [1.82, 2.24) is 19.6 Å². The third-order valence-electron chi connectivity index (χ3n) is 6.84. The van der Waals surface area contributed by atoms with Crippen LogP contribution in [-0.4, -0.2) is 45.0 Å². The summed E-state index contributed by atoms with van der Waals surface area (Å²) in [6.07, 6.45) is 5.64. The standard InChI is InChI=1S/C25H30N4O2/c1-16-12-23(17(2)29(16)22-10-9-19-6-4-7-20(19)13-22)24(30)15-28-11-5-8-21(14-28)25-26-18(3)27-31-25/h9-10,12-13,21H,4-8,11,14-15H2,1-3H3. The van der Waals surface area contributed by atoms with Crippen LogP contribution in [0.1, 0.15) is 69.8 Å². The molecule has 6 nitrogen and oxygen atoms in total. The molecule has 0 radical (unpaired) electrons. The highest BCUT2D eigenvalue weighted by atomic mass is 16.5. The van der Waals surface area contributed by atoms with Crippen LogP contribution in [0.3, 0.4) is 0 Å². The van der Waals surface area contributed by atoms with Crippen molar-refractivity contribution >= 4 is 5.78 Å². The van der Waals surface area contributed by atoms with Gasteiger partial charge in [0.25, 0.3) is 0 Å². The van der Waals surface area contributed by atoms with E-state index in [0.717, 1.165) is 49.3 Å². The summed E-state index contributed by atoms with van der Waals surface area (Å²) in [6, 6.07) is 8.80. The van der Waals surface area contributed by atoms with Crippen molar-refractivity contribution in [3.05, 3.63) is 64.1 Å². The van der Waals surface area contributed by atoms with Gasteiger partial charge in [-0.05, 0) is 88.7 Å². The van der Waals surface area contributed by atoms with Gasteiger partial charge in [0.1, 0.15) is 0 Å². The highest BCUT2D eigenvalue weighted by Crippen LogP contribution is 2.29. The van der Waals surface area contributed by atoms with Gasteiger partial charge in [-0.25, -0.2) is 0 Å². The van der Waals surface area contributed by atoms with E-state index in [1.807, 2.05) is 13.0 Å². The number of nitrogens with zero attached hydrogens (tertiary/aromatic N) is 4. The van der Waals surface area contributed by atoms with Crippen molar-refractivity contribution < 1.29 is 9.32 Å². The Morgan fingerprint density at radius 1 is 1.13 bits per heavy atom. The molecule has 0 amide bonds. The zero-order valence-corrected chi connectivity index (χ0v) is 18.6. The summed E-state index contributed by atoms with van der Waals surface area (Å²) in [7, 11) is 0. The molecule has 1 aliphatic carbocycles. The number of benzene rings is 1. The molecule has 3 heterocycles. The number of fused-ring (bicyclic) bond motifs is 1. The molecule has 0 bridgehead atoms. The van der Waals surface area contributed by atoms with Gasteiger partial charge in [0.2, 0.25) is 5.89 Å². The first-order chi connectivity index (χ1) is 15.0. The van der Waals surface area contributed by atoms with Crippen molar-refractivity contribution in [2.45, 2.75) is 58.8 Å². The fourth-order valence-electron chi connectivity index (χ4n) is 5.31. The average Bonchev–Trinajstić information content (AvgIpc) is 3.46. The van der Waals surface area contributed by atoms with E-state index >= 15 is 0 Å². The Kier molecular flexibility index (Phi) is 5.26. The number of carbonyl (C=O) groups excluding carboxylic acids is 1. The van der Waals surface area contributed by atoms with Gasteiger partial charge in [0, 0.05) is 29.2 Å². The lowest BCUT2D eigenvalue weighted by molar-refractivity contribution is 0.0898. The number of hydrogen-bond donors (Lipinski definition) is 0. The largest absolute Gasteiger partial charge is 0.339 e. The van der Waals surface area contributed by atoms with Crippen molar-refractivity contribution in [3.63, 3.8) is 0 Å². The summed E-state index contributed by atoms with van der Waals surface area (Å²) in [4.78, 5) is 19.9. The Morgan fingerprint density at radius 3 is 2.77 bits per heavy atom. The minimum absolute atomic E-state index is 0.183. The van der Waals surface area contributed by atoms with Crippen LogP contribution in [0.2, 0.25) is 0 Å². The fourth-order valence-corrected chi connectivity index (χ4v) is 5.31. The second-order valence-corrected chi connectivity index (χ2v) is 9.10. The highest BCUT2D eigenvalue weighted by molar-refractivity contribution is 5.99. The topological polar surface area (TPSA) is 64.2 Å². The smallest absolute Gasteiger partial charge is 0.231 e. The van der Waals surface area contributed by atoms with Crippen molar-refractivity contribution in [3.8, 4) is 5.69 Å². The van der Waals surface area contributed by atoms with Gasteiger partial charge in [-0.15, -0.1) is 0 Å². The summed E-state index contributed by atoms with van der Waals surface area (Å²) < 4.78 is 7.61. The van der Waals surface area contributed by atoms with E-state index in [1.54, 1.807) is 0 Å². The number of aryl methyl sites for hydroxylation is 4. The number of likely N-dealkylation sites (tertiary alicyclic amines) is 1. The lowest BCUT2D eigenvalue weighted by Crippen LogP contribution is -2.38. The molecule has 2 aromatic heterocycles. The van der Waals surface area contributed by atoms with Gasteiger partial charge in [-0.2, -0.15) is 4.98 Å². The van der Waals surface area contributed by atoms with Gasteiger partial charge in [0.05, 0.1) is 12.5 Å². The molecule has 1 saturated heterocycles. The summed E-state index contributed by atoms with van der Waals surface area (Å²) in [5, 5.41) is 3.93. The van der Waals surface area contributed by atoms with Gasteiger partial charge in [-0.1, -0.05) is 11.2 Å². The van der Waals surface area contributed by atoms with Gasteiger partial charge in [-0.3, -0.25) is 9.69 Å². The third kappa shape index (κ3) is 3.85. The van der Waals surface area contributed by atoms with Crippen LogP contribution in [0.4, 0.5) is 0 Å². The molecule has 162 valence electrons. The Hall–Kier alpha value is -2.73. The molecule has 2 aliphatic rings. The van der Waals surface area contributed by atoms with Crippen LogP contribution < -0.4 is 0 Å². The lowest BCUT2D eigenvalue weighted by atomic mass is 9.97. The SMILES string of the molecule is Cc1noc(C2CCCN(CC(=O)c3cc(C)n(-c4ccc5c(c4)CCC5)c3C)C2)n1. The van der Waals surface area contributed by atoms with Crippen molar-refractivity contribution in [2.24, 2.45) is 0 Å². The zero-order valence-electron chi connectivity index (χ0n) is 18.6. The number of hydrogen-bond acceptors (Lipinski definition) is 5. The number of piperidine rings is 1. The normalized spacial score (nSPS) is 19.0. The van der Waals surface area contributed by atoms with Crippen LogP contribution in [0, 0.1) is 20.8 Å². The molecule has 31 heavy (non-hydrogen) atoms. The Morgan fingerprint density at radius 2 is 1.97 bits per heavy atom. The van der Waals surface area contributed by atoms with E-state index in [1.165, 1.54) is 29.7 Å². The van der Waals surface area contributed by atoms with E-state index in [0.29, 0.717) is 18.3 Å². The minimum Gasteiger partial charge on any atom is -0.339 e. The Bertz CT molecular complexity index is 1130. The highest BCUT2D eigenvalue weighted by Gasteiger charge is 2.28. The molecule has 5 rings (SSSR count). The zero-order chi connectivity index (χ0) is 21.5. The predicted molar refractivity (Wildman–Crippen MR) is 119 cm³/mol. The van der Waals surface area contributed by atoms with E-state index in [4.69, 9.17) is 4.52 Å². The van der Waals surface area contributed by atoms with Crippen LogP contribution >= 0.6 is 0 Å². The van der Waals surface area contributed by atoms with E-state index < -0.39 is 0 Å². The second-order valence-electron chi connectivity index (χ2n) is 9.10. The van der Waals surface area contributed by atoms with E-state index in [2.05, 4.69) is 51.7 Å². The number of Topliss-reactive ketones (excluding diaryl/α,β-unsaturated/α-hetero) is 1. The maximum Gasteiger partial charge on any atom is 0.231 e. The summed E-state index contributed by atoms with van der Waals surface area (Å²) >= 11 is 0. The van der Waals surface area contributed by atoms with Crippen LogP contribution in [0.5, 0.6) is 0 Å². The molecule has 1 atom stereocenters. The van der Waals surface area contributed by atoms with Crippen molar-refractivity contribution in [2.75, 3.05) is 19.6 Å². The van der Waals surface area contributed by atoms with E-state index in [9.17, 15) is 4.79 Å². The van der Waals surface area contributed by atoms with Gasteiger partial charge < -0.3 is 9.09 Å². The molecule has 3 aromatic rings. The molecule has 0 N–H and O–H groups in total. The fraction of sp³-hybridized carbons (Fsp3) is 0.480. The first kappa shape index (κ1) is 20.2. The number of ketones is 1. The van der Waals surface area contributed by atoms with Crippen LogP contribution in [-0.2, 0) is 12.8 Å². The van der Waals surface area contributed by atoms with Crippen molar-refractivity contribution in [1.29, 1.82) is 0 Å².